The topological polar surface area (TPSA) is 99.2 Å². The third kappa shape index (κ3) is 3.02. The fourth-order valence-electron chi connectivity index (χ4n) is 1.61. The van der Waals surface area contributed by atoms with Gasteiger partial charge in [0.15, 0.2) is 0 Å². The first-order valence-corrected chi connectivity index (χ1v) is 5.93. The molecular formula is C14H13N3O3. The number of hydrogen-bond donors (Lipinski definition) is 2. The van der Waals surface area contributed by atoms with E-state index in [1.807, 2.05) is 6.07 Å². The summed E-state index contributed by atoms with van der Waals surface area (Å²) in [6.07, 6.45) is 2.77. The van der Waals surface area contributed by atoms with Gasteiger partial charge in [0, 0.05) is 6.20 Å². The van der Waals surface area contributed by atoms with E-state index in [1.165, 1.54) is 24.6 Å². The van der Waals surface area contributed by atoms with Gasteiger partial charge in [0.25, 0.3) is 5.91 Å². The van der Waals surface area contributed by atoms with Gasteiger partial charge in [-0.05, 0) is 31.2 Å². The van der Waals surface area contributed by atoms with Crippen molar-refractivity contribution in [1.29, 1.82) is 5.26 Å². The number of carbonyl (C=O) groups excluding carboxylic acids is 1. The summed E-state index contributed by atoms with van der Waals surface area (Å²) in [5.74, 6) is -0.0630. The van der Waals surface area contributed by atoms with Crippen molar-refractivity contribution in [3.8, 4) is 6.07 Å². The Morgan fingerprint density at radius 3 is 2.90 bits per heavy atom. The van der Waals surface area contributed by atoms with E-state index in [0.29, 0.717) is 11.3 Å². The van der Waals surface area contributed by atoms with Crippen LogP contribution in [0.25, 0.3) is 0 Å². The maximum atomic E-state index is 11.9. The lowest BCUT2D eigenvalue weighted by molar-refractivity contribution is 0.0329. The molecule has 0 saturated carbocycles. The van der Waals surface area contributed by atoms with E-state index in [-0.39, 0.29) is 12.2 Å². The number of carbonyl (C=O) groups is 1. The fourth-order valence-corrected chi connectivity index (χ4v) is 1.61. The minimum atomic E-state index is -1.30. The highest BCUT2D eigenvalue weighted by molar-refractivity contribution is 5.92. The molecule has 0 bridgehead atoms. The first kappa shape index (κ1) is 13.8. The van der Waals surface area contributed by atoms with Gasteiger partial charge in [-0.15, -0.1) is 0 Å². The highest BCUT2D eigenvalue weighted by atomic mass is 16.4. The lowest BCUT2D eigenvalue weighted by Gasteiger charge is -2.20. The van der Waals surface area contributed by atoms with Crippen molar-refractivity contribution >= 4 is 5.91 Å². The Kier molecular flexibility index (Phi) is 3.82. The second-order valence-electron chi connectivity index (χ2n) is 4.48. The van der Waals surface area contributed by atoms with Crippen LogP contribution in [-0.4, -0.2) is 22.5 Å². The van der Waals surface area contributed by atoms with E-state index in [4.69, 9.17) is 9.68 Å². The maximum Gasteiger partial charge on any atom is 0.269 e. The largest absolute Gasteiger partial charge is 0.466 e. The van der Waals surface area contributed by atoms with Gasteiger partial charge in [0.2, 0.25) is 0 Å². The number of pyridine rings is 1. The minimum Gasteiger partial charge on any atom is -0.466 e. The smallest absolute Gasteiger partial charge is 0.269 e. The van der Waals surface area contributed by atoms with Crippen molar-refractivity contribution in [2.45, 2.75) is 12.5 Å². The molecule has 2 rings (SSSR count). The van der Waals surface area contributed by atoms with Crippen LogP contribution in [0, 0.1) is 11.3 Å². The lowest BCUT2D eigenvalue weighted by atomic mass is 10.0. The first-order valence-electron chi connectivity index (χ1n) is 5.93. The SMILES string of the molecule is CC(O)(CNC(=O)c1ccc(C#N)cn1)c1ccco1. The molecule has 0 aliphatic heterocycles. The molecule has 6 heteroatoms. The number of hydrogen-bond acceptors (Lipinski definition) is 5. The van der Waals surface area contributed by atoms with Crippen LogP contribution in [0.15, 0.2) is 41.1 Å². The molecule has 2 aromatic heterocycles. The van der Waals surface area contributed by atoms with Crippen LogP contribution in [0.4, 0.5) is 0 Å². The number of nitriles is 1. The van der Waals surface area contributed by atoms with Crippen LogP contribution >= 0.6 is 0 Å². The third-order valence-corrected chi connectivity index (χ3v) is 2.77. The van der Waals surface area contributed by atoms with E-state index >= 15 is 0 Å². The summed E-state index contributed by atoms with van der Waals surface area (Å²) in [6.45, 7) is 1.53. The summed E-state index contributed by atoms with van der Waals surface area (Å²) in [6, 6.07) is 8.17. The van der Waals surface area contributed by atoms with Gasteiger partial charge < -0.3 is 14.8 Å². The molecule has 102 valence electrons. The first-order chi connectivity index (χ1) is 9.53. The molecule has 0 fully saturated rings. The zero-order valence-electron chi connectivity index (χ0n) is 10.8. The molecule has 1 unspecified atom stereocenters. The summed E-state index contributed by atoms with van der Waals surface area (Å²) in [5, 5.41) is 21.4. The average Bonchev–Trinajstić information content (AvgIpc) is 3.00. The van der Waals surface area contributed by atoms with Crippen molar-refractivity contribution in [3.63, 3.8) is 0 Å². The lowest BCUT2D eigenvalue weighted by Crippen LogP contribution is -2.38. The van der Waals surface area contributed by atoms with Crippen molar-refractivity contribution in [2.75, 3.05) is 6.54 Å². The fraction of sp³-hybridized carbons (Fsp3) is 0.214. The normalized spacial score (nSPS) is 13.2. The van der Waals surface area contributed by atoms with Gasteiger partial charge in [-0.3, -0.25) is 4.79 Å². The summed E-state index contributed by atoms with van der Waals surface area (Å²) in [5.41, 5.74) is -0.741. The van der Waals surface area contributed by atoms with Crippen LogP contribution in [0.5, 0.6) is 0 Å². The minimum absolute atomic E-state index is 0.0129. The Bertz CT molecular complexity index is 625. The maximum absolute atomic E-state index is 11.9. The number of amides is 1. The molecule has 2 aromatic rings. The number of rotatable bonds is 4. The monoisotopic (exact) mass is 271 g/mol. The Hall–Kier alpha value is -2.65. The van der Waals surface area contributed by atoms with Crippen LogP contribution in [0.1, 0.15) is 28.7 Å². The average molecular weight is 271 g/mol. The van der Waals surface area contributed by atoms with E-state index in [9.17, 15) is 9.90 Å². The van der Waals surface area contributed by atoms with E-state index in [1.54, 1.807) is 19.1 Å². The Labute approximate surface area is 115 Å². The quantitative estimate of drug-likeness (QED) is 0.870. The second-order valence-corrected chi connectivity index (χ2v) is 4.48. The highest BCUT2D eigenvalue weighted by Gasteiger charge is 2.27. The summed E-state index contributed by atoms with van der Waals surface area (Å²) < 4.78 is 5.11. The molecule has 0 aliphatic rings. The van der Waals surface area contributed by atoms with Crippen molar-refractivity contribution in [2.24, 2.45) is 0 Å². The molecule has 1 amide bonds. The Morgan fingerprint density at radius 1 is 1.55 bits per heavy atom. The molecule has 0 radical (unpaired) electrons. The Balaban J connectivity index is 2.00. The van der Waals surface area contributed by atoms with Crippen molar-refractivity contribution in [1.82, 2.24) is 10.3 Å². The standard InChI is InChI=1S/C14H13N3O3/c1-14(19,12-3-2-6-20-12)9-17-13(18)11-5-4-10(7-15)8-16-11/h2-6,8,19H,9H2,1H3,(H,17,18). The van der Waals surface area contributed by atoms with Gasteiger partial charge in [-0.2, -0.15) is 5.26 Å². The van der Waals surface area contributed by atoms with Crippen LogP contribution in [-0.2, 0) is 5.60 Å². The molecule has 2 N–H and O–H groups in total. The van der Waals surface area contributed by atoms with Crippen molar-refractivity contribution < 1.29 is 14.3 Å². The molecule has 0 aromatic carbocycles. The molecule has 6 nitrogen and oxygen atoms in total. The molecule has 1 atom stereocenters. The van der Waals surface area contributed by atoms with Crippen LogP contribution in [0.3, 0.4) is 0 Å². The summed E-state index contributed by atoms with van der Waals surface area (Å²) in [7, 11) is 0. The molecule has 0 saturated heterocycles. The number of nitrogens with one attached hydrogen (secondary N) is 1. The predicted octanol–water partition coefficient (Wildman–Crippen LogP) is 1.18. The van der Waals surface area contributed by atoms with Gasteiger partial charge in [0.05, 0.1) is 18.4 Å². The van der Waals surface area contributed by atoms with Crippen LogP contribution in [0.2, 0.25) is 0 Å². The molecule has 2 heterocycles. The van der Waals surface area contributed by atoms with Crippen molar-refractivity contribution in [3.05, 3.63) is 53.7 Å². The van der Waals surface area contributed by atoms with E-state index < -0.39 is 11.5 Å². The predicted molar refractivity (Wildman–Crippen MR) is 69.6 cm³/mol. The number of aliphatic hydroxyl groups is 1. The summed E-state index contributed by atoms with van der Waals surface area (Å²) >= 11 is 0. The van der Waals surface area contributed by atoms with Gasteiger partial charge in [-0.25, -0.2) is 4.98 Å². The zero-order chi connectivity index (χ0) is 14.6. The molecule has 20 heavy (non-hydrogen) atoms. The van der Waals surface area contributed by atoms with Gasteiger partial charge in [-0.1, -0.05) is 0 Å². The Morgan fingerprint density at radius 2 is 2.35 bits per heavy atom. The number of aromatic nitrogens is 1. The van der Waals surface area contributed by atoms with E-state index in [2.05, 4.69) is 10.3 Å². The molecule has 0 aliphatic carbocycles. The van der Waals surface area contributed by atoms with E-state index in [0.717, 1.165) is 0 Å². The molecular weight excluding hydrogens is 258 g/mol. The number of nitrogens with zero attached hydrogens (tertiary/aromatic N) is 2. The van der Waals surface area contributed by atoms with Crippen LogP contribution < -0.4 is 5.32 Å². The summed E-state index contributed by atoms with van der Waals surface area (Å²) in [4.78, 5) is 15.7. The molecule has 0 spiro atoms. The highest BCUT2D eigenvalue weighted by Crippen LogP contribution is 2.19. The zero-order valence-corrected chi connectivity index (χ0v) is 10.8. The van der Waals surface area contributed by atoms with Gasteiger partial charge >= 0.3 is 0 Å². The second kappa shape index (κ2) is 5.55. The van der Waals surface area contributed by atoms with Gasteiger partial charge in [0.1, 0.15) is 23.1 Å². The third-order valence-electron chi connectivity index (χ3n) is 2.77. The number of furan rings is 1.